The lowest BCUT2D eigenvalue weighted by Crippen LogP contribution is -2.23. The van der Waals surface area contributed by atoms with Crippen molar-refractivity contribution in [1.29, 1.82) is 0 Å². The smallest absolute Gasteiger partial charge is 0.0642 e. The number of nitrogens with zero attached hydrogens (tertiary/aromatic N) is 1. The van der Waals surface area contributed by atoms with Gasteiger partial charge in [-0.25, -0.2) is 0 Å². The van der Waals surface area contributed by atoms with E-state index >= 15 is 0 Å². The van der Waals surface area contributed by atoms with Crippen LogP contribution in [0.3, 0.4) is 0 Å². The fourth-order valence-electron chi connectivity index (χ4n) is 1.45. The van der Waals surface area contributed by atoms with Gasteiger partial charge in [-0.2, -0.15) is 0 Å². The third-order valence-electron chi connectivity index (χ3n) is 2.14. The van der Waals surface area contributed by atoms with Gasteiger partial charge in [-0.15, -0.1) is 13.2 Å². The second-order valence-electron chi connectivity index (χ2n) is 3.44. The van der Waals surface area contributed by atoms with Crippen molar-refractivity contribution in [2.75, 3.05) is 18.0 Å². The first-order valence-electron chi connectivity index (χ1n) is 4.92. The topological polar surface area (TPSA) is 3.24 Å². The fourth-order valence-corrected chi connectivity index (χ4v) is 1.81. The molecule has 1 aromatic carbocycles. The second-order valence-corrected chi connectivity index (χ2v) is 3.84. The number of aryl methyl sites for hydroxylation is 1. The predicted molar refractivity (Wildman–Crippen MR) is 68.8 cm³/mol. The monoisotopic (exact) mass is 221 g/mol. The Hall–Kier alpha value is -1.21. The van der Waals surface area contributed by atoms with Crippen LogP contribution in [0.5, 0.6) is 0 Å². The molecular formula is C13H16ClN. The van der Waals surface area contributed by atoms with E-state index in [-0.39, 0.29) is 0 Å². The zero-order valence-corrected chi connectivity index (χ0v) is 9.80. The summed E-state index contributed by atoms with van der Waals surface area (Å²) in [5.41, 5.74) is 2.20. The van der Waals surface area contributed by atoms with E-state index in [1.807, 2.05) is 31.2 Å². The van der Waals surface area contributed by atoms with E-state index in [0.717, 1.165) is 23.8 Å². The van der Waals surface area contributed by atoms with E-state index in [0.29, 0.717) is 0 Å². The van der Waals surface area contributed by atoms with E-state index < -0.39 is 0 Å². The van der Waals surface area contributed by atoms with Crippen LogP contribution in [-0.2, 0) is 0 Å². The van der Waals surface area contributed by atoms with Gasteiger partial charge in [0.2, 0.25) is 0 Å². The molecule has 1 rings (SSSR count). The first-order chi connectivity index (χ1) is 7.19. The van der Waals surface area contributed by atoms with Crippen molar-refractivity contribution in [3.63, 3.8) is 0 Å². The molecule has 0 fully saturated rings. The maximum atomic E-state index is 6.19. The Balaban J connectivity index is 2.98. The molecule has 0 atom stereocenters. The Labute approximate surface area is 96.7 Å². The molecular weight excluding hydrogens is 206 g/mol. The summed E-state index contributed by atoms with van der Waals surface area (Å²) in [5.74, 6) is 0. The molecule has 1 nitrogen and oxygen atoms in total. The van der Waals surface area contributed by atoms with Gasteiger partial charge in [0, 0.05) is 13.1 Å². The van der Waals surface area contributed by atoms with Crippen LogP contribution in [-0.4, -0.2) is 13.1 Å². The average molecular weight is 222 g/mol. The first-order valence-corrected chi connectivity index (χ1v) is 5.29. The minimum atomic E-state index is 0.773. The first kappa shape index (κ1) is 11.9. The van der Waals surface area contributed by atoms with Crippen molar-refractivity contribution < 1.29 is 0 Å². The predicted octanol–water partition coefficient (Wildman–Crippen LogP) is 3.83. The van der Waals surface area contributed by atoms with Crippen molar-refractivity contribution in [2.45, 2.75) is 6.92 Å². The largest absolute Gasteiger partial charge is 0.363 e. The van der Waals surface area contributed by atoms with Crippen LogP contribution < -0.4 is 4.90 Å². The van der Waals surface area contributed by atoms with Gasteiger partial charge in [0.25, 0.3) is 0 Å². The Morgan fingerprint density at radius 1 is 1.27 bits per heavy atom. The Morgan fingerprint density at radius 3 is 2.33 bits per heavy atom. The van der Waals surface area contributed by atoms with E-state index in [4.69, 9.17) is 11.6 Å². The molecule has 0 unspecified atom stereocenters. The number of hydrogen-bond donors (Lipinski definition) is 0. The third-order valence-corrected chi connectivity index (χ3v) is 2.45. The molecule has 0 bridgehead atoms. The molecule has 0 aliphatic carbocycles. The molecule has 0 aliphatic heterocycles. The van der Waals surface area contributed by atoms with Crippen LogP contribution in [0.4, 0.5) is 5.69 Å². The van der Waals surface area contributed by atoms with Crippen LogP contribution in [0.1, 0.15) is 5.56 Å². The van der Waals surface area contributed by atoms with Gasteiger partial charge >= 0.3 is 0 Å². The maximum absolute atomic E-state index is 6.19. The summed E-state index contributed by atoms with van der Waals surface area (Å²) in [6.45, 7) is 11.0. The van der Waals surface area contributed by atoms with Crippen LogP contribution in [0.25, 0.3) is 0 Å². The molecule has 0 radical (unpaired) electrons. The molecule has 0 aromatic heterocycles. The molecule has 80 valence electrons. The molecule has 0 saturated heterocycles. The summed E-state index contributed by atoms with van der Waals surface area (Å²) < 4.78 is 0. The molecule has 0 amide bonds. The quantitative estimate of drug-likeness (QED) is 0.684. The Kier molecular flexibility index (Phi) is 4.44. The SMILES string of the molecule is C=CCN(CC=C)c1ccc(C)cc1Cl. The van der Waals surface area contributed by atoms with E-state index in [9.17, 15) is 0 Å². The summed E-state index contributed by atoms with van der Waals surface area (Å²) in [7, 11) is 0. The fraction of sp³-hybridized carbons (Fsp3) is 0.231. The zero-order chi connectivity index (χ0) is 11.3. The average Bonchev–Trinajstić information content (AvgIpc) is 2.17. The molecule has 0 aliphatic rings. The lowest BCUT2D eigenvalue weighted by Gasteiger charge is -2.22. The molecule has 2 heteroatoms. The maximum Gasteiger partial charge on any atom is 0.0642 e. The zero-order valence-electron chi connectivity index (χ0n) is 9.04. The normalized spacial score (nSPS) is 9.73. The van der Waals surface area contributed by atoms with Gasteiger partial charge in [0.15, 0.2) is 0 Å². The van der Waals surface area contributed by atoms with Crippen LogP contribution in [0, 0.1) is 6.92 Å². The van der Waals surface area contributed by atoms with Crippen molar-refractivity contribution >= 4 is 17.3 Å². The lowest BCUT2D eigenvalue weighted by molar-refractivity contribution is 0.956. The molecule has 0 heterocycles. The van der Waals surface area contributed by atoms with Crippen molar-refractivity contribution in [3.05, 3.63) is 54.1 Å². The van der Waals surface area contributed by atoms with Crippen molar-refractivity contribution in [3.8, 4) is 0 Å². The van der Waals surface area contributed by atoms with Gasteiger partial charge in [-0.05, 0) is 24.6 Å². The van der Waals surface area contributed by atoms with Crippen LogP contribution in [0.2, 0.25) is 5.02 Å². The molecule has 0 saturated carbocycles. The molecule has 15 heavy (non-hydrogen) atoms. The highest BCUT2D eigenvalue weighted by Crippen LogP contribution is 2.26. The number of benzene rings is 1. The van der Waals surface area contributed by atoms with Crippen LogP contribution >= 0.6 is 11.6 Å². The number of rotatable bonds is 5. The number of halogens is 1. The van der Waals surface area contributed by atoms with Gasteiger partial charge < -0.3 is 4.90 Å². The summed E-state index contributed by atoms with van der Waals surface area (Å²) >= 11 is 6.19. The third kappa shape index (κ3) is 3.14. The lowest BCUT2D eigenvalue weighted by atomic mass is 10.2. The summed E-state index contributed by atoms with van der Waals surface area (Å²) in [6.07, 6.45) is 3.72. The molecule has 0 spiro atoms. The number of hydrogen-bond acceptors (Lipinski definition) is 1. The minimum Gasteiger partial charge on any atom is -0.363 e. The standard InChI is InChI=1S/C13H16ClN/c1-4-8-15(9-5-2)13-7-6-11(3)10-12(13)14/h4-7,10H,1-2,8-9H2,3H3. The van der Waals surface area contributed by atoms with Crippen molar-refractivity contribution in [2.24, 2.45) is 0 Å². The second kappa shape index (κ2) is 5.62. The molecule has 0 N–H and O–H groups in total. The van der Waals surface area contributed by atoms with Crippen LogP contribution in [0.15, 0.2) is 43.5 Å². The highest BCUT2D eigenvalue weighted by Gasteiger charge is 2.07. The van der Waals surface area contributed by atoms with Crippen molar-refractivity contribution in [1.82, 2.24) is 0 Å². The summed E-state index contributed by atoms with van der Waals surface area (Å²) in [6, 6.07) is 6.06. The number of anilines is 1. The van der Waals surface area contributed by atoms with Gasteiger partial charge in [0.1, 0.15) is 0 Å². The minimum absolute atomic E-state index is 0.773. The van der Waals surface area contributed by atoms with E-state index in [2.05, 4.69) is 24.1 Å². The highest BCUT2D eigenvalue weighted by molar-refractivity contribution is 6.33. The van der Waals surface area contributed by atoms with E-state index in [1.54, 1.807) is 0 Å². The summed E-state index contributed by atoms with van der Waals surface area (Å²) in [4.78, 5) is 2.13. The van der Waals surface area contributed by atoms with Gasteiger partial charge in [-0.3, -0.25) is 0 Å². The highest BCUT2D eigenvalue weighted by atomic mass is 35.5. The van der Waals surface area contributed by atoms with E-state index in [1.165, 1.54) is 5.56 Å². The van der Waals surface area contributed by atoms with Gasteiger partial charge in [-0.1, -0.05) is 29.8 Å². The Bertz CT molecular complexity index is 348. The Morgan fingerprint density at radius 2 is 1.87 bits per heavy atom. The van der Waals surface area contributed by atoms with Gasteiger partial charge in [0.05, 0.1) is 10.7 Å². The molecule has 1 aromatic rings. The summed E-state index contributed by atoms with van der Waals surface area (Å²) in [5, 5.41) is 0.777.